The zero-order valence-electron chi connectivity index (χ0n) is 12.2. The maximum absolute atomic E-state index is 13.0. The molecule has 2 heterocycles. The Bertz CT molecular complexity index is 608. The zero-order chi connectivity index (χ0) is 15.0. The maximum atomic E-state index is 13.0. The molecule has 1 aromatic rings. The van der Waals surface area contributed by atoms with Crippen LogP contribution in [0.4, 0.5) is 0 Å². The van der Waals surface area contributed by atoms with Crippen LogP contribution in [-0.2, 0) is 10.0 Å². The van der Waals surface area contributed by atoms with Crippen molar-refractivity contribution in [2.45, 2.75) is 62.1 Å². The van der Waals surface area contributed by atoms with Crippen molar-refractivity contribution in [3.63, 3.8) is 0 Å². The van der Waals surface area contributed by atoms with E-state index in [1.807, 2.05) is 0 Å². The minimum absolute atomic E-state index is 0.176. The Morgan fingerprint density at radius 3 is 2.52 bits per heavy atom. The van der Waals surface area contributed by atoms with Crippen molar-refractivity contribution >= 4 is 33.0 Å². The van der Waals surface area contributed by atoms with Crippen LogP contribution in [-0.4, -0.2) is 30.3 Å². The minimum atomic E-state index is -3.44. The van der Waals surface area contributed by atoms with Crippen LogP contribution in [0.1, 0.15) is 50.6 Å². The Kier molecular flexibility index (Phi) is 4.60. The highest BCUT2D eigenvalue weighted by Gasteiger charge is 2.41. The molecule has 3 rings (SSSR count). The van der Waals surface area contributed by atoms with E-state index in [9.17, 15) is 8.42 Å². The van der Waals surface area contributed by atoms with Gasteiger partial charge in [0.1, 0.15) is 0 Å². The van der Waals surface area contributed by atoms with Gasteiger partial charge in [-0.25, -0.2) is 13.4 Å². The molecule has 2 fully saturated rings. The molecule has 1 aliphatic carbocycles. The highest BCUT2D eigenvalue weighted by atomic mass is 35.5. The topological polar surface area (TPSA) is 50.3 Å². The molecule has 1 saturated carbocycles. The molecule has 0 amide bonds. The second-order valence-electron chi connectivity index (χ2n) is 6.06. The number of hydrogen-bond donors (Lipinski definition) is 0. The van der Waals surface area contributed by atoms with E-state index in [0.717, 1.165) is 24.2 Å². The fraction of sp³-hybridized carbons (Fsp3) is 0.786. The molecule has 1 saturated heterocycles. The molecule has 0 aromatic carbocycles. The lowest BCUT2D eigenvalue weighted by atomic mass is 9.83. The van der Waals surface area contributed by atoms with E-state index < -0.39 is 10.0 Å². The van der Waals surface area contributed by atoms with Crippen LogP contribution in [0, 0.1) is 12.8 Å². The maximum Gasteiger partial charge on any atom is 0.254 e. The summed E-state index contributed by atoms with van der Waals surface area (Å²) in [6.45, 7) is 2.36. The third kappa shape index (κ3) is 3.00. The van der Waals surface area contributed by atoms with Crippen LogP contribution in [0.25, 0.3) is 0 Å². The van der Waals surface area contributed by atoms with Crippen molar-refractivity contribution in [3.8, 4) is 0 Å². The van der Waals surface area contributed by atoms with Crippen molar-refractivity contribution in [1.29, 1.82) is 0 Å². The molecule has 1 aliphatic heterocycles. The van der Waals surface area contributed by atoms with Gasteiger partial charge in [-0.1, -0.05) is 42.2 Å². The van der Waals surface area contributed by atoms with Gasteiger partial charge in [-0.3, -0.25) is 0 Å². The number of aryl methyl sites for hydroxylation is 1. The first kappa shape index (κ1) is 15.7. The standard InChI is InChI=1S/C14H21ClN2O2S2/c1-10-13(20-14(15)16-10)21(18,19)17-9-5-8-12(17)11-6-3-2-4-7-11/h11-12H,2-9H2,1H3. The molecule has 2 aliphatic rings. The monoisotopic (exact) mass is 348 g/mol. The molecule has 0 N–H and O–H groups in total. The summed E-state index contributed by atoms with van der Waals surface area (Å²) < 4.78 is 28.3. The van der Waals surface area contributed by atoms with Crippen molar-refractivity contribution < 1.29 is 8.42 Å². The highest BCUT2D eigenvalue weighted by Crippen LogP contribution is 2.39. The van der Waals surface area contributed by atoms with Gasteiger partial charge in [0.05, 0.1) is 5.69 Å². The van der Waals surface area contributed by atoms with Crippen LogP contribution in [0.2, 0.25) is 4.47 Å². The fourth-order valence-electron chi connectivity index (χ4n) is 3.75. The minimum Gasteiger partial charge on any atom is -0.229 e. The van der Waals surface area contributed by atoms with Crippen LogP contribution in [0.15, 0.2) is 4.21 Å². The number of halogens is 1. The van der Waals surface area contributed by atoms with Crippen LogP contribution >= 0.6 is 22.9 Å². The van der Waals surface area contributed by atoms with Gasteiger partial charge in [-0.2, -0.15) is 4.31 Å². The third-order valence-electron chi connectivity index (χ3n) is 4.71. The second-order valence-corrected chi connectivity index (χ2v) is 9.73. The van der Waals surface area contributed by atoms with E-state index in [4.69, 9.17) is 11.6 Å². The van der Waals surface area contributed by atoms with E-state index in [0.29, 0.717) is 26.8 Å². The fourth-order valence-corrected chi connectivity index (χ4v) is 7.36. The normalized spacial score (nSPS) is 25.5. The van der Waals surface area contributed by atoms with Crippen LogP contribution in [0.5, 0.6) is 0 Å². The van der Waals surface area contributed by atoms with Gasteiger partial charge >= 0.3 is 0 Å². The van der Waals surface area contributed by atoms with Gasteiger partial charge in [0.15, 0.2) is 8.68 Å². The largest absolute Gasteiger partial charge is 0.254 e. The first-order valence-corrected chi connectivity index (χ1v) is 10.3. The Morgan fingerprint density at radius 1 is 1.19 bits per heavy atom. The molecule has 21 heavy (non-hydrogen) atoms. The summed E-state index contributed by atoms with van der Waals surface area (Å²) in [6.07, 6.45) is 8.06. The van der Waals surface area contributed by atoms with Gasteiger partial charge in [0.2, 0.25) is 0 Å². The lowest BCUT2D eigenvalue weighted by Crippen LogP contribution is -2.40. The Hall–Kier alpha value is -0.170. The van der Waals surface area contributed by atoms with E-state index in [2.05, 4.69) is 4.98 Å². The highest BCUT2D eigenvalue weighted by molar-refractivity contribution is 7.91. The van der Waals surface area contributed by atoms with Gasteiger partial charge in [0.25, 0.3) is 10.0 Å². The molecule has 0 spiro atoms. The summed E-state index contributed by atoms with van der Waals surface area (Å²) in [5.41, 5.74) is 0.527. The van der Waals surface area contributed by atoms with Crippen molar-refractivity contribution in [2.75, 3.05) is 6.54 Å². The smallest absolute Gasteiger partial charge is 0.229 e. The summed E-state index contributed by atoms with van der Waals surface area (Å²) >= 11 is 6.97. The molecule has 1 aromatic heterocycles. The first-order chi connectivity index (χ1) is 10.00. The Morgan fingerprint density at radius 2 is 1.90 bits per heavy atom. The summed E-state index contributed by atoms with van der Waals surface area (Å²) in [5, 5.41) is 0. The number of thiazole rings is 1. The van der Waals surface area contributed by atoms with Crippen molar-refractivity contribution in [2.24, 2.45) is 5.92 Å². The molecule has 1 atom stereocenters. The average Bonchev–Trinajstić information content (AvgIpc) is 3.07. The van der Waals surface area contributed by atoms with Crippen LogP contribution < -0.4 is 0 Å². The van der Waals surface area contributed by atoms with E-state index in [1.165, 1.54) is 32.1 Å². The molecule has 0 bridgehead atoms. The molecule has 4 nitrogen and oxygen atoms in total. The lowest BCUT2D eigenvalue weighted by molar-refractivity contribution is 0.226. The zero-order valence-corrected chi connectivity index (χ0v) is 14.6. The Balaban J connectivity index is 1.88. The quantitative estimate of drug-likeness (QED) is 0.833. The van der Waals surface area contributed by atoms with Crippen LogP contribution in [0.3, 0.4) is 0 Å². The summed E-state index contributed by atoms with van der Waals surface area (Å²) in [6, 6.07) is 0.176. The molecule has 0 radical (unpaired) electrons. The molecular formula is C14H21ClN2O2S2. The summed E-state index contributed by atoms with van der Waals surface area (Å²) in [5.74, 6) is 0.528. The summed E-state index contributed by atoms with van der Waals surface area (Å²) in [4.78, 5) is 4.06. The van der Waals surface area contributed by atoms with Gasteiger partial charge in [0, 0.05) is 12.6 Å². The van der Waals surface area contributed by atoms with Gasteiger partial charge < -0.3 is 0 Å². The number of sulfonamides is 1. The van der Waals surface area contributed by atoms with E-state index >= 15 is 0 Å². The van der Waals surface area contributed by atoms with Crippen molar-refractivity contribution in [3.05, 3.63) is 10.2 Å². The number of rotatable bonds is 3. The second kappa shape index (κ2) is 6.14. The molecular weight excluding hydrogens is 328 g/mol. The average molecular weight is 349 g/mol. The van der Waals surface area contributed by atoms with Gasteiger partial charge in [-0.15, -0.1) is 0 Å². The number of nitrogens with zero attached hydrogens (tertiary/aromatic N) is 2. The predicted molar refractivity (Wildman–Crippen MR) is 85.3 cm³/mol. The molecule has 7 heteroatoms. The molecule has 118 valence electrons. The first-order valence-electron chi connectivity index (χ1n) is 7.65. The van der Waals surface area contributed by atoms with Gasteiger partial charge in [-0.05, 0) is 38.5 Å². The summed E-state index contributed by atoms with van der Waals surface area (Å²) in [7, 11) is -3.44. The molecule has 1 unspecified atom stereocenters. The predicted octanol–water partition coefficient (Wildman–Crippen LogP) is 3.84. The number of aromatic nitrogens is 1. The van der Waals surface area contributed by atoms with Crippen molar-refractivity contribution in [1.82, 2.24) is 9.29 Å². The Labute approximate surface area is 135 Å². The third-order valence-corrected chi connectivity index (χ3v) is 8.49. The SMILES string of the molecule is Cc1nc(Cl)sc1S(=O)(=O)N1CCCC1C1CCCCC1. The number of hydrogen-bond acceptors (Lipinski definition) is 4. The van der Waals surface area contributed by atoms with E-state index in [1.54, 1.807) is 11.2 Å². The van der Waals surface area contributed by atoms with E-state index in [-0.39, 0.29) is 6.04 Å². The lowest BCUT2D eigenvalue weighted by Gasteiger charge is -2.33.